The molecule has 1 amide bonds. The Balaban J connectivity index is 2.00. The van der Waals surface area contributed by atoms with E-state index >= 15 is 0 Å². The van der Waals surface area contributed by atoms with Gasteiger partial charge in [0.15, 0.2) is 0 Å². The number of nitrogens with zero attached hydrogens (tertiary/aromatic N) is 1. The first kappa shape index (κ1) is 12.5. The van der Waals surface area contributed by atoms with E-state index in [2.05, 4.69) is 22.6 Å². The third-order valence-corrected chi connectivity index (χ3v) is 4.29. The highest BCUT2D eigenvalue weighted by molar-refractivity contribution is 14.1. The predicted octanol–water partition coefficient (Wildman–Crippen LogP) is 3.08. The van der Waals surface area contributed by atoms with Gasteiger partial charge in [-0.3, -0.25) is 4.79 Å². The van der Waals surface area contributed by atoms with Crippen LogP contribution < -0.4 is 10.6 Å². The number of hydrogen-bond acceptors (Lipinski definition) is 2. The molecule has 3 nitrogen and oxygen atoms in total. The van der Waals surface area contributed by atoms with Crippen molar-refractivity contribution in [3.63, 3.8) is 0 Å². The molecule has 96 valence electrons. The molecule has 1 heterocycles. The van der Waals surface area contributed by atoms with Gasteiger partial charge in [0.05, 0.1) is 5.56 Å². The quantitative estimate of drug-likeness (QED) is 0.625. The Morgan fingerprint density at radius 3 is 2.79 bits per heavy atom. The smallest absolute Gasteiger partial charge is 0.259 e. The van der Waals surface area contributed by atoms with Gasteiger partial charge in [0.2, 0.25) is 0 Å². The highest BCUT2D eigenvalue weighted by atomic mass is 127. The van der Waals surface area contributed by atoms with Crippen LogP contribution in [0, 0.1) is 3.57 Å². The van der Waals surface area contributed by atoms with E-state index in [9.17, 15) is 4.79 Å². The molecule has 0 aromatic heterocycles. The Hall–Kier alpha value is -1.56. The van der Waals surface area contributed by atoms with Crippen molar-refractivity contribution in [1.82, 2.24) is 0 Å². The number of rotatable bonds is 1. The van der Waals surface area contributed by atoms with Crippen LogP contribution in [0.25, 0.3) is 0 Å². The average molecular weight is 364 g/mol. The van der Waals surface area contributed by atoms with Crippen LogP contribution in [0.3, 0.4) is 0 Å². The number of halogens is 1. The van der Waals surface area contributed by atoms with Crippen LogP contribution in [0.2, 0.25) is 0 Å². The maximum atomic E-state index is 12.6. The van der Waals surface area contributed by atoms with Crippen molar-refractivity contribution in [2.24, 2.45) is 0 Å². The maximum Gasteiger partial charge on any atom is 0.259 e. The van der Waals surface area contributed by atoms with Crippen LogP contribution >= 0.6 is 22.6 Å². The molecule has 0 aliphatic carbocycles. The van der Waals surface area contributed by atoms with E-state index in [1.54, 1.807) is 0 Å². The molecule has 3 rings (SSSR count). The number of benzene rings is 2. The number of nitrogen functional groups attached to an aromatic ring is 1. The third-order valence-electron chi connectivity index (χ3n) is 3.35. The Kier molecular flexibility index (Phi) is 3.18. The van der Waals surface area contributed by atoms with Crippen molar-refractivity contribution in [2.75, 3.05) is 17.2 Å². The van der Waals surface area contributed by atoms with E-state index in [0.29, 0.717) is 5.69 Å². The Morgan fingerprint density at radius 2 is 2.00 bits per heavy atom. The molecular formula is C15H13IN2O. The summed E-state index contributed by atoms with van der Waals surface area (Å²) in [4.78, 5) is 14.4. The summed E-state index contributed by atoms with van der Waals surface area (Å²) in [5, 5.41) is 0. The summed E-state index contributed by atoms with van der Waals surface area (Å²) in [5.41, 5.74) is 9.40. The van der Waals surface area contributed by atoms with Crippen molar-refractivity contribution in [2.45, 2.75) is 6.42 Å². The van der Waals surface area contributed by atoms with Gasteiger partial charge in [0, 0.05) is 21.5 Å². The van der Waals surface area contributed by atoms with Crippen molar-refractivity contribution >= 4 is 39.9 Å². The van der Waals surface area contributed by atoms with E-state index in [1.165, 1.54) is 5.56 Å². The van der Waals surface area contributed by atoms with Crippen LogP contribution in [-0.2, 0) is 6.42 Å². The standard InChI is InChI=1S/C15H13IN2O/c16-13-4-2-1-3-12(13)15(19)18-8-7-10-5-6-11(17)9-14(10)18/h1-6,9H,7-8,17H2. The minimum absolute atomic E-state index is 0.0503. The molecule has 0 unspecified atom stereocenters. The molecule has 0 saturated heterocycles. The van der Waals surface area contributed by atoms with Crippen LogP contribution in [0.5, 0.6) is 0 Å². The summed E-state index contributed by atoms with van der Waals surface area (Å²) in [5.74, 6) is 0.0503. The normalized spacial score (nSPS) is 13.4. The number of nitrogens with two attached hydrogens (primary N) is 1. The number of carbonyl (C=O) groups excluding carboxylic acids is 1. The van der Waals surface area contributed by atoms with Gasteiger partial charge >= 0.3 is 0 Å². The summed E-state index contributed by atoms with van der Waals surface area (Å²) in [6, 6.07) is 13.4. The molecule has 0 spiro atoms. The fraction of sp³-hybridized carbons (Fsp3) is 0.133. The second kappa shape index (κ2) is 4.85. The first-order valence-electron chi connectivity index (χ1n) is 6.11. The van der Waals surface area contributed by atoms with Gasteiger partial charge in [-0.15, -0.1) is 0 Å². The van der Waals surface area contributed by atoms with Gasteiger partial charge in [-0.25, -0.2) is 0 Å². The largest absolute Gasteiger partial charge is 0.399 e. The summed E-state index contributed by atoms with van der Waals surface area (Å²) < 4.78 is 0.974. The molecule has 0 fully saturated rings. The number of hydrogen-bond donors (Lipinski definition) is 1. The van der Waals surface area contributed by atoms with Gasteiger partial charge in [0.25, 0.3) is 5.91 Å². The maximum absolute atomic E-state index is 12.6. The van der Waals surface area contributed by atoms with Gasteiger partial charge in [-0.2, -0.15) is 0 Å². The van der Waals surface area contributed by atoms with E-state index in [0.717, 1.165) is 27.8 Å². The molecule has 19 heavy (non-hydrogen) atoms. The highest BCUT2D eigenvalue weighted by Gasteiger charge is 2.26. The Bertz CT molecular complexity index is 654. The second-order valence-corrected chi connectivity index (χ2v) is 5.74. The number of anilines is 2. The average Bonchev–Trinajstić information content (AvgIpc) is 2.81. The first-order valence-corrected chi connectivity index (χ1v) is 7.19. The van der Waals surface area contributed by atoms with Crippen LogP contribution in [0.1, 0.15) is 15.9 Å². The van der Waals surface area contributed by atoms with Gasteiger partial charge in [0.1, 0.15) is 0 Å². The lowest BCUT2D eigenvalue weighted by molar-refractivity contribution is 0.0988. The molecule has 2 aromatic rings. The first-order chi connectivity index (χ1) is 9.16. The topological polar surface area (TPSA) is 46.3 Å². The lowest BCUT2D eigenvalue weighted by Crippen LogP contribution is -2.29. The summed E-state index contributed by atoms with van der Waals surface area (Å²) in [7, 11) is 0. The third kappa shape index (κ3) is 2.20. The van der Waals surface area contributed by atoms with Crippen molar-refractivity contribution in [3.8, 4) is 0 Å². The zero-order valence-electron chi connectivity index (χ0n) is 10.3. The van der Waals surface area contributed by atoms with Gasteiger partial charge < -0.3 is 10.6 Å². The van der Waals surface area contributed by atoms with E-state index in [1.807, 2.05) is 47.4 Å². The molecule has 0 atom stereocenters. The predicted molar refractivity (Wildman–Crippen MR) is 85.4 cm³/mol. The molecule has 0 radical (unpaired) electrons. The molecule has 2 aromatic carbocycles. The van der Waals surface area contributed by atoms with Gasteiger partial charge in [-0.05, 0) is 58.8 Å². The lowest BCUT2D eigenvalue weighted by Gasteiger charge is -2.18. The zero-order valence-corrected chi connectivity index (χ0v) is 12.4. The summed E-state index contributed by atoms with van der Waals surface area (Å²) in [6.45, 7) is 0.725. The van der Waals surface area contributed by atoms with E-state index in [4.69, 9.17) is 5.73 Å². The Labute approximate surface area is 125 Å². The summed E-state index contributed by atoms with van der Waals surface area (Å²) in [6.07, 6.45) is 0.894. The van der Waals surface area contributed by atoms with E-state index in [-0.39, 0.29) is 5.91 Å². The van der Waals surface area contributed by atoms with Crippen molar-refractivity contribution < 1.29 is 4.79 Å². The molecule has 0 saturated carbocycles. The molecular weight excluding hydrogens is 351 g/mol. The number of carbonyl (C=O) groups is 1. The fourth-order valence-corrected chi connectivity index (χ4v) is 3.01. The minimum Gasteiger partial charge on any atom is -0.399 e. The molecule has 1 aliphatic rings. The lowest BCUT2D eigenvalue weighted by atomic mass is 10.1. The monoisotopic (exact) mass is 364 g/mol. The SMILES string of the molecule is Nc1ccc2c(c1)N(C(=O)c1ccccc1I)CC2. The minimum atomic E-state index is 0.0503. The fourth-order valence-electron chi connectivity index (χ4n) is 2.39. The van der Waals surface area contributed by atoms with Crippen molar-refractivity contribution in [1.29, 1.82) is 0 Å². The highest BCUT2D eigenvalue weighted by Crippen LogP contribution is 2.31. The summed E-state index contributed by atoms with van der Waals surface area (Å²) >= 11 is 2.20. The number of amides is 1. The molecule has 1 aliphatic heterocycles. The van der Waals surface area contributed by atoms with Crippen LogP contribution in [-0.4, -0.2) is 12.5 Å². The molecule has 0 bridgehead atoms. The molecule has 2 N–H and O–H groups in total. The van der Waals surface area contributed by atoms with Crippen LogP contribution in [0.15, 0.2) is 42.5 Å². The second-order valence-electron chi connectivity index (χ2n) is 4.57. The Morgan fingerprint density at radius 1 is 1.21 bits per heavy atom. The van der Waals surface area contributed by atoms with Crippen molar-refractivity contribution in [3.05, 3.63) is 57.2 Å². The zero-order chi connectivity index (χ0) is 13.4. The molecule has 4 heteroatoms. The van der Waals surface area contributed by atoms with Gasteiger partial charge in [-0.1, -0.05) is 18.2 Å². The van der Waals surface area contributed by atoms with Crippen LogP contribution in [0.4, 0.5) is 11.4 Å². The van der Waals surface area contributed by atoms with E-state index < -0.39 is 0 Å². The number of fused-ring (bicyclic) bond motifs is 1.